The van der Waals surface area contributed by atoms with Gasteiger partial charge in [0, 0.05) is 27.9 Å². The zero-order valence-corrected chi connectivity index (χ0v) is 21.2. The second-order valence-electron chi connectivity index (χ2n) is 7.57. The van der Waals surface area contributed by atoms with Gasteiger partial charge in [-0.05, 0) is 42.0 Å². The molecule has 2 heterocycles. The molecule has 0 amide bonds. The van der Waals surface area contributed by atoms with Crippen molar-refractivity contribution < 1.29 is 21.6 Å². The summed E-state index contributed by atoms with van der Waals surface area (Å²) in [6.07, 6.45) is 4.47. The number of aromatic nitrogens is 3. The Morgan fingerprint density at radius 3 is 2.31 bits per heavy atom. The second kappa shape index (κ2) is 9.29. The number of nitrogens with zero attached hydrogens (tertiary/aromatic N) is 4. The normalized spacial score (nSPS) is 11.9. The molecule has 0 aliphatic carbocycles. The van der Waals surface area contributed by atoms with Gasteiger partial charge in [-0.15, -0.1) is 0 Å². The van der Waals surface area contributed by atoms with Crippen LogP contribution in [0.3, 0.4) is 0 Å². The number of rotatable bonds is 7. The number of pyridine rings is 1. The van der Waals surface area contributed by atoms with Gasteiger partial charge < -0.3 is 10.1 Å². The average molecular weight is 534 g/mol. The number of anilines is 3. The Kier molecular flexibility index (Phi) is 6.54. The molecule has 2 aromatic carbocycles. The molecule has 0 radical (unpaired) electrons. The van der Waals surface area contributed by atoms with Gasteiger partial charge in [0.2, 0.25) is 25.9 Å². The highest BCUT2D eigenvalue weighted by molar-refractivity contribution is 8.09. The number of hydrogen-bond donors (Lipinski definition) is 1. The number of methoxy groups -OCH3 is 1. The van der Waals surface area contributed by atoms with Crippen molar-refractivity contribution in [1.29, 1.82) is 0 Å². The minimum atomic E-state index is -4.20. The van der Waals surface area contributed by atoms with Crippen LogP contribution in [-0.2, 0) is 20.0 Å². The van der Waals surface area contributed by atoms with Crippen molar-refractivity contribution in [3.8, 4) is 17.0 Å². The van der Waals surface area contributed by atoms with Gasteiger partial charge >= 0.3 is 0 Å². The fourth-order valence-corrected chi connectivity index (χ4v) is 6.66. The zero-order valence-electron chi connectivity index (χ0n) is 18.8. The lowest BCUT2D eigenvalue weighted by molar-refractivity contribution is 0.399. The van der Waals surface area contributed by atoms with Crippen LogP contribution in [0, 0.1) is 0 Å². The van der Waals surface area contributed by atoms with E-state index < -0.39 is 20.0 Å². The highest BCUT2D eigenvalue weighted by atomic mass is 35.5. The molecule has 0 fully saturated rings. The largest absolute Gasteiger partial charge is 0.479 e. The fraction of sp³-hybridized carbons (Fsp3) is 0.136. The number of nitrogens with one attached hydrogen (secondary N) is 1. The standard InChI is InChI=1S/C22H20ClN5O5S2/c1-33-22-20(28(34(2,29)30)35(3,31)32)10-15(12-24-22)14-7-8-19-18(9-14)21(26-13-25-19)27-17-6-4-5-16(23)11-17/h4-13H,1-3H3,(H,25,26,27). The van der Waals surface area contributed by atoms with E-state index in [0.717, 1.165) is 18.2 Å². The van der Waals surface area contributed by atoms with E-state index in [1.165, 1.54) is 25.7 Å². The molecule has 10 nitrogen and oxygen atoms in total. The predicted molar refractivity (Wildman–Crippen MR) is 136 cm³/mol. The molecule has 182 valence electrons. The highest BCUT2D eigenvalue weighted by Gasteiger charge is 2.31. The zero-order chi connectivity index (χ0) is 25.4. The Morgan fingerprint density at radius 1 is 0.914 bits per heavy atom. The summed E-state index contributed by atoms with van der Waals surface area (Å²) in [5.74, 6) is 0.367. The first kappa shape index (κ1) is 24.6. The highest BCUT2D eigenvalue weighted by Crippen LogP contribution is 2.35. The Labute approximate surface area is 207 Å². The molecule has 2 aromatic heterocycles. The quantitative estimate of drug-likeness (QED) is 0.376. The van der Waals surface area contributed by atoms with Crippen molar-refractivity contribution in [2.45, 2.75) is 0 Å². The summed E-state index contributed by atoms with van der Waals surface area (Å²) in [4.78, 5) is 12.8. The van der Waals surface area contributed by atoms with Crippen LogP contribution in [0.1, 0.15) is 0 Å². The van der Waals surface area contributed by atoms with Crippen molar-refractivity contribution in [1.82, 2.24) is 15.0 Å². The summed E-state index contributed by atoms with van der Waals surface area (Å²) in [6, 6.07) is 13.9. The average Bonchev–Trinajstić information content (AvgIpc) is 2.77. The third-order valence-corrected chi connectivity index (χ3v) is 8.34. The van der Waals surface area contributed by atoms with Gasteiger partial charge in [-0.25, -0.2) is 31.8 Å². The molecular weight excluding hydrogens is 514 g/mol. The Balaban J connectivity index is 1.86. The van der Waals surface area contributed by atoms with Crippen molar-refractivity contribution in [2.75, 3.05) is 28.6 Å². The maximum absolute atomic E-state index is 12.3. The molecular formula is C22H20ClN5O5S2. The number of halogens is 1. The molecule has 0 bridgehead atoms. The SMILES string of the molecule is COc1ncc(-c2ccc3ncnc(Nc4cccc(Cl)c4)c3c2)cc1N(S(C)(=O)=O)S(C)(=O)=O. The maximum Gasteiger partial charge on any atom is 0.245 e. The smallest absolute Gasteiger partial charge is 0.245 e. The number of hydrogen-bond acceptors (Lipinski definition) is 9. The molecule has 0 saturated heterocycles. The van der Waals surface area contributed by atoms with E-state index in [2.05, 4.69) is 20.3 Å². The fourth-order valence-electron chi connectivity index (χ4n) is 3.53. The second-order valence-corrected chi connectivity index (χ2v) is 11.9. The molecule has 1 N–H and O–H groups in total. The van der Waals surface area contributed by atoms with Gasteiger partial charge in [-0.2, -0.15) is 3.71 Å². The molecule has 0 spiro atoms. The van der Waals surface area contributed by atoms with Gasteiger partial charge in [0.25, 0.3) is 0 Å². The molecule has 35 heavy (non-hydrogen) atoms. The topological polar surface area (TPSA) is 131 Å². The number of benzene rings is 2. The van der Waals surface area contributed by atoms with E-state index >= 15 is 0 Å². The lowest BCUT2D eigenvalue weighted by Gasteiger charge is -2.21. The van der Waals surface area contributed by atoms with Crippen LogP contribution in [-0.4, -0.2) is 51.4 Å². The third kappa shape index (κ3) is 5.29. The van der Waals surface area contributed by atoms with Crippen LogP contribution in [0.5, 0.6) is 5.88 Å². The lowest BCUT2D eigenvalue weighted by Crippen LogP contribution is -2.35. The number of ether oxygens (including phenoxy) is 1. The minimum Gasteiger partial charge on any atom is -0.479 e. The van der Waals surface area contributed by atoms with Crippen molar-refractivity contribution in [3.05, 3.63) is 66.1 Å². The molecule has 0 unspecified atom stereocenters. The van der Waals surface area contributed by atoms with E-state index in [1.807, 2.05) is 6.07 Å². The number of fused-ring (bicyclic) bond motifs is 1. The minimum absolute atomic E-state index is 0.156. The summed E-state index contributed by atoms with van der Waals surface area (Å²) in [5, 5.41) is 4.45. The van der Waals surface area contributed by atoms with Gasteiger partial charge in [0.05, 0.1) is 25.1 Å². The number of sulfonamides is 2. The van der Waals surface area contributed by atoms with Crippen molar-refractivity contribution in [2.24, 2.45) is 0 Å². The van der Waals surface area contributed by atoms with E-state index in [-0.39, 0.29) is 11.6 Å². The van der Waals surface area contributed by atoms with E-state index in [0.29, 0.717) is 36.6 Å². The Morgan fingerprint density at radius 2 is 1.66 bits per heavy atom. The van der Waals surface area contributed by atoms with Gasteiger partial charge in [-0.3, -0.25) is 0 Å². The lowest BCUT2D eigenvalue weighted by atomic mass is 10.0. The van der Waals surface area contributed by atoms with E-state index in [1.54, 1.807) is 36.4 Å². The van der Waals surface area contributed by atoms with Crippen LogP contribution >= 0.6 is 11.6 Å². The van der Waals surface area contributed by atoms with Crippen molar-refractivity contribution >= 4 is 59.7 Å². The summed E-state index contributed by atoms with van der Waals surface area (Å²) in [5.41, 5.74) is 2.24. The summed E-state index contributed by atoms with van der Waals surface area (Å²) < 4.78 is 54.8. The predicted octanol–water partition coefficient (Wildman–Crippen LogP) is 3.82. The molecule has 0 atom stereocenters. The Bertz CT molecular complexity index is 1610. The van der Waals surface area contributed by atoms with Crippen LogP contribution in [0.25, 0.3) is 22.0 Å². The van der Waals surface area contributed by atoms with Crippen LogP contribution in [0.2, 0.25) is 5.02 Å². The maximum atomic E-state index is 12.3. The summed E-state index contributed by atoms with van der Waals surface area (Å²) in [7, 11) is -7.13. The van der Waals surface area contributed by atoms with Crippen LogP contribution < -0.4 is 13.8 Å². The third-order valence-electron chi connectivity index (χ3n) is 4.88. The van der Waals surface area contributed by atoms with Crippen LogP contribution in [0.15, 0.2) is 61.1 Å². The molecule has 0 aliphatic rings. The van der Waals surface area contributed by atoms with E-state index in [4.69, 9.17) is 16.3 Å². The van der Waals surface area contributed by atoms with Crippen LogP contribution in [0.4, 0.5) is 17.2 Å². The summed E-state index contributed by atoms with van der Waals surface area (Å²) >= 11 is 6.08. The first-order valence-electron chi connectivity index (χ1n) is 9.99. The van der Waals surface area contributed by atoms with Crippen molar-refractivity contribution in [3.63, 3.8) is 0 Å². The van der Waals surface area contributed by atoms with E-state index in [9.17, 15) is 16.8 Å². The summed E-state index contributed by atoms with van der Waals surface area (Å²) in [6.45, 7) is 0. The molecule has 4 rings (SSSR count). The molecule has 0 saturated carbocycles. The molecule has 13 heteroatoms. The van der Waals surface area contributed by atoms with Gasteiger partial charge in [0.15, 0.2) is 0 Å². The first-order chi connectivity index (χ1) is 16.5. The van der Waals surface area contributed by atoms with Gasteiger partial charge in [-0.1, -0.05) is 23.7 Å². The van der Waals surface area contributed by atoms with Gasteiger partial charge in [0.1, 0.15) is 17.8 Å². The monoisotopic (exact) mass is 533 g/mol. The Hall–Kier alpha value is -3.48. The first-order valence-corrected chi connectivity index (χ1v) is 14.1. The molecule has 0 aliphatic heterocycles. The molecule has 4 aromatic rings.